The molecular formula is C10H17N5O. The summed E-state index contributed by atoms with van der Waals surface area (Å²) in [5.41, 5.74) is 0. The molecule has 0 radical (unpaired) electrons. The molecule has 0 bridgehead atoms. The molecule has 1 aliphatic heterocycles. The highest BCUT2D eigenvalue weighted by Crippen LogP contribution is 2.34. The Balaban J connectivity index is 1.76. The maximum atomic E-state index is 9.10. The van der Waals surface area contributed by atoms with Gasteiger partial charge in [0.25, 0.3) is 0 Å². The van der Waals surface area contributed by atoms with Crippen LogP contribution in [0.15, 0.2) is 0 Å². The molecule has 2 aliphatic rings. The summed E-state index contributed by atoms with van der Waals surface area (Å²) < 4.78 is 1.97. The standard InChI is InChI=1S/C10H17N5O/c16-6-7-4-5-9(11-7)10-12-13-14-15(10)8-2-1-3-8/h7-9,11,16H,1-6H2/t7-,9-/m0/s1. The van der Waals surface area contributed by atoms with E-state index in [2.05, 4.69) is 20.8 Å². The fourth-order valence-electron chi connectivity index (χ4n) is 2.49. The summed E-state index contributed by atoms with van der Waals surface area (Å²) in [5, 5.41) is 24.5. The predicted molar refractivity (Wildman–Crippen MR) is 56.7 cm³/mol. The van der Waals surface area contributed by atoms with Gasteiger partial charge < -0.3 is 10.4 Å². The first-order valence-corrected chi connectivity index (χ1v) is 6.03. The van der Waals surface area contributed by atoms with Crippen LogP contribution in [-0.4, -0.2) is 38.0 Å². The molecule has 1 aromatic heterocycles. The van der Waals surface area contributed by atoms with Gasteiger partial charge in [-0.05, 0) is 42.5 Å². The Kier molecular flexibility index (Phi) is 2.61. The Morgan fingerprint density at radius 3 is 2.81 bits per heavy atom. The predicted octanol–water partition coefficient (Wildman–Crippen LogP) is 0.183. The van der Waals surface area contributed by atoms with Crippen LogP contribution in [0.3, 0.4) is 0 Å². The van der Waals surface area contributed by atoms with E-state index in [1.165, 1.54) is 19.3 Å². The summed E-state index contributed by atoms with van der Waals surface area (Å²) in [6, 6.07) is 0.921. The molecule has 0 aromatic carbocycles. The summed E-state index contributed by atoms with van der Waals surface area (Å²) in [7, 11) is 0. The molecule has 2 heterocycles. The minimum Gasteiger partial charge on any atom is -0.395 e. The van der Waals surface area contributed by atoms with Crippen molar-refractivity contribution < 1.29 is 5.11 Å². The van der Waals surface area contributed by atoms with Crippen molar-refractivity contribution in [3.05, 3.63) is 5.82 Å². The lowest BCUT2D eigenvalue weighted by molar-refractivity contribution is 0.246. The number of nitrogens with zero attached hydrogens (tertiary/aromatic N) is 4. The van der Waals surface area contributed by atoms with Crippen molar-refractivity contribution in [2.24, 2.45) is 0 Å². The molecule has 88 valence electrons. The third-order valence-electron chi connectivity index (χ3n) is 3.71. The Hall–Kier alpha value is -1.01. The Labute approximate surface area is 94.0 Å². The number of aromatic nitrogens is 4. The molecule has 1 aromatic rings. The van der Waals surface area contributed by atoms with Gasteiger partial charge in [-0.15, -0.1) is 5.10 Å². The van der Waals surface area contributed by atoms with E-state index in [9.17, 15) is 0 Å². The molecule has 0 unspecified atom stereocenters. The van der Waals surface area contributed by atoms with Crippen molar-refractivity contribution in [1.29, 1.82) is 0 Å². The molecule has 0 spiro atoms. The molecular weight excluding hydrogens is 206 g/mol. The van der Waals surface area contributed by atoms with Crippen LogP contribution in [-0.2, 0) is 0 Å². The normalized spacial score (nSPS) is 30.6. The summed E-state index contributed by atoms with van der Waals surface area (Å²) >= 11 is 0. The lowest BCUT2D eigenvalue weighted by Crippen LogP contribution is -2.30. The van der Waals surface area contributed by atoms with E-state index in [0.29, 0.717) is 6.04 Å². The highest BCUT2D eigenvalue weighted by molar-refractivity contribution is 5.00. The zero-order valence-electron chi connectivity index (χ0n) is 9.21. The minimum absolute atomic E-state index is 0.196. The van der Waals surface area contributed by atoms with Crippen LogP contribution >= 0.6 is 0 Å². The first kappa shape index (κ1) is 10.2. The van der Waals surface area contributed by atoms with Crippen LogP contribution in [0.2, 0.25) is 0 Å². The molecule has 1 saturated carbocycles. The van der Waals surface area contributed by atoms with Gasteiger partial charge in [0.15, 0.2) is 5.82 Å². The molecule has 2 atom stereocenters. The largest absolute Gasteiger partial charge is 0.395 e. The average molecular weight is 223 g/mol. The van der Waals surface area contributed by atoms with Crippen molar-refractivity contribution in [3.63, 3.8) is 0 Å². The number of nitrogens with one attached hydrogen (secondary N) is 1. The van der Waals surface area contributed by atoms with Gasteiger partial charge in [-0.3, -0.25) is 0 Å². The van der Waals surface area contributed by atoms with E-state index in [1.807, 2.05) is 4.68 Å². The molecule has 0 amide bonds. The quantitative estimate of drug-likeness (QED) is 0.764. The van der Waals surface area contributed by atoms with Crippen LogP contribution in [0.25, 0.3) is 0 Å². The molecule has 3 rings (SSSR count). The minimum atomic E-state index is 0.196. The zero-order valence-corrected chi connectivity index (χ0v) is 9.21. The Morgan fingerprint density at radius 2 is 2.19 bits per heavy atom. The molecule has 6 heteroatoms. The van der Waals surface area contributed by atoms with E-state index < -0.39 is 0 Å². The Bertz CT molecular complexity index is 362. The third-order valence-corrected chi connectivity index (χ3v) is 3.71. The number of rotatable bonds is 3. The van der Waals surface area contributed by atoms with Crippen LogP contribution in [0.5, 0.6) is 0 Å². The number of tetrazole rings is 1. The van der Waals surface area contributed by atoms with Crippen molar-refractivity contribution in [2.45, 2.75) is 50.2 Å². The van der Waals surface area contributed by atoms with Crippen LogP contribution in [0.1, 0.15) is 50.0 Å². The number of hydrogen-bond acceptors (Lipinski definition) is 5. The summed E-state index contributed by atoms with van der Waals surface area (Å²) in [6.45, 7) is 0.196. The van der Waals surface area contributed by atoms with Crippen LogP contribution < -0.4 is 5.32 Å². The summed E-state index contributed by atoms with van der Waals surface area (Å²) in [5.74, 6) is 0.945. The maximum absolute atomic E-state index is 9.10. The van der Waals surface area contributed by atoms with Gasteiger partial charge in [0.2, 0.25) is 0 Å². The van der Waals surface area contributed by atoms with E-state index in [4.69, 9.17) is 5.11 Å². The van der Waals surface area contributed by atoms with Gasteiger partial charge >= 0.3 is 0 Å². The van der Waals surface area contributed by atoms with E-state index >= 15 is 0 Å². The van der Waals surface area contributed by atoms with Crippen molar-refractivity contribution in [1.82, 2.24) is 25.5 Å². The monoisotopic (exact) mass is 223 g/mol. The van der Waals surface area contributed by atoms with Gasteiger partial charge in [-0.2, -0.15) is 0 Å². The maximum Gasteiger partial charge on any atom is 0.168 e. The molecule has 1 aliphatic carbocycles. The second-order valence-corrected chi connectivity index (χ2v) is 4.74. The van der Waals surface area contributed by atoms with Crippen molar-refractivity contribution in [3.8, 4) is 0 Å². The number of aliphatic hydroxyl groups excluding tert-OH is 1. The highest BCUT2D eigenvalue weighted by Gasteiger charge is 2.31. The van der Waals surface area contributed by atoms with Crippen LogP contribution in [0, 0.1) is 0 Å². The lowest BCUT2D eigenvalue weighted by Gasteiger charge is -2.27. The topological polar surface area (TPSA) is 75.9 Å². The van der Waals surface area contributed by atoms with Gasteiger partial charge in [0.1, 0.15) is 0 Å². The summed E-state index contributed by atoms with van der Waals surface area (Å²) in [4.78, 5) is 0. The number of hydrogen-bond donors (Lipinski definition) is 2. The zero-order chi connectivity index (χ0) is 11.0. The van der Waals surface area contributed by atoms with E-state index in [0.717, 1.165) is 18.7 Å². The first-order valence-electron chi connectivity index (χ1n) is 6.03. The molecule has 1 saturated heterocycles. The van der Waals surface area contributed by atoms with Gasteiger partial charge in [0.05, 0.1) is 18.7 Å². The van der Waals surface area contributed by atoms with Gasteiger partial charge in [0, 0.05) is 6.04 Å². The van der Waals surface area contributed by atoms with Gasteiger partial charge in [-0.25, -0.2) is 4.68 Å². The van der Waals surface area contributed by atoms with E-state index in [1.54, 1.807) is 0 Å². The SMILES string of the molecule is OC[C@@H]1CC[C@@H](c2nnnn2C2CCC2)N1. The fraction of sp³-hybridized carbons (Fsp3) is 0.900. The lowest BCUT2D eigenvalue weighted by atomic mass is 9.93. The second-order valence-electron chi connectivity index (χ2n) is 4.74. The van der Waals surface area contributed by atoms with Crippen molar-refractivity contribution in [2.75, 3.05) is 6.61 Å². The number of aliphatic hydroxyl groups is 1. The van der Waals surface area contributed by atoms with Crippen molar-refractivity contribution >= 4 is 0 Å². The first-order chi connectivity index (χ1) is 7.88. The van der Waals surface area contributed by atoms with Gasteiger partial charge in [-0.1, -0.05) is 0 Å². The molecule has 6 nitrogen and oxygen atoms in total. The third kappa shape index (κ3) is 1.62. The van der Waals surface area contributed by atoms with E-state index in [-0.39, 0.29) is 18.7 Å². The molecule has 2 fully saturated rings. The van der Waals surface area contributed by atoms with Crippen LogP contribution in [0.4, 0.5) is 0 Å². The molecule has 2 N–H and O–H groups in total. The fourth-order valence-corrected chi connectivity index (χ4v) is 2.49. The smallest absolute Gasteiger partial charge is 0.168 e. The second kappa shape index (κ2) is 4.10. The summed E-state index contributed by atoms with van der Waals surface area (Å²) in [6.07, 6.45) is 5.67. The molecule has 16 heavy (non-hydrogen) atoms. The Morgan fingerprint density at radius 1 is 1.31 bits per heavy atom. The highest BCUT2D eigenvalue weighted by atomic mass is 16.3. The average Bonchev–Trinajstić information content (AvgIpc) is 2.81.